The Morgan fingerprint density at radius 3 is 2.40 bits per heavy atom. The second-order valence-corrected chi connectivity index (χ2v) is 16.2. The van der Waals surface area contributed by atoms with E-state index in [1.54, 1.807) is 48.5 Å². The number of urea groups is 1. The lowest BCUT2D eigenvalue weighted by atomic mass is 9.76. The number of hydrogen-bond acceptors (Lipinski definition) is 9. The SMILES string of the molecule is CC(C)(C)C1CC(C(=O)N2CC(NC(=O)c3ccc(CN4CCS(=O)(=O)c5ccccc54)cc3)C3(C2)NC(=O)NC3=O)CCN1C(=O)[O-]. The molecular formula is C33H39N6O8S-. The van der Waals surface area contributed by atoms with Gasteiger partial charge >= 0.3 is 6.03 Å². The summed E-state index contributed by atoms with van der Waals surface area (Å²) in [6.45, 7) is 6.43. The normalized spacial score (nSPS) is 26.6. The molecule has 2 aromatic carbocycles. The number of imide groups is 1. The molecule has 3 saturated heterocycles. The zero-order valence-electron chi connectivity index (χ0n) is 27.0. The van der Waals surface area contributed by atoms with Crippen LogP contribution in [-0.2, 0) is 26.0 Å². The van der Waals surface area contributed by atoms with E-state index >= 15 is 0 Å². The van der Waals surface area contributed by atoms with E-state index < -0.39 is 62.7 Å². The van der Waals surface area contributed by atoms with Crippen LogP contribution >= 0.6 is 0 Å². The van der Waals surface area contributed by atoms with Gasteiger partial charge in [-0.2, -0.15) is 0 Å². The molecule has 4 atom stereocenters. The van der Waals surface area contributed by atoms with E-state index in [1.165, 1.54) is 9.80 Å². The molecule has 4 aliphatic rings. The fourth-order valence-corrected chi connectivity index (χ4v) is 8.85. The Balaban J connectivity index is 1.16. The van der Waals surface area contributed by atoms with E-state index in [0.717, 1.165) is 5.56 Å². The molecule has 6 rings (SSSR count). The standard InChI is InChI=1S/C33H40N6O8S/c1-32(2,3)26-16-22(12-13-39(26)31(44)45)28(41)38-18-25(33(19-38)29(42)35-30(43)36-33)34-27(40)21-10-8-20(9-11-21)17-37-14-15-48(46,47)24-7-5-4-6-23(24)37/h4-11,22,25-26H,12-19H2,1-3H3,(H,34,40)(H,44,45)(H2,35,36,42,43)/p-1. The van der Waals surface area contributed by atoms with Crippen molar-refractivity contribution in [3.05, 3.63) is 59.7 Å². The molecule has 6 amide bonds. The van der Waals surface area contributed by atoms with Crippen LogP contribution in [0.4, 0.5) is 15.3 Å². The summed E-state index contributed by atoms with van der Waals surface area (Å²) >= 11 is 0. The maximum absolute atomic E-state index is 13.8. The maximum atomic E-state index is 13.8. The molecule has 0 radical (unpaired) electrons. The largest absolute Gasteiger partial charge is 0.530 e. The molecule has 4 heterocycles. The van der Waals surface area contributed by atoms with E-state index in [-0.39, 0.29) is 44.1 Å². The van der Waals surface area contributed by atoms with Crippen molar-refractivity contribution in [3.63, 3.8) is 0 Å². The molecule has 3 fully saturated rings. The number of para-hydroxylation sites is 1. The highest BCUT2D eigenvalue weighted by molar-refractivity contribution is 7.91. The van der Waals surface area contributed by atoms with Crippen molar-refractivity contribution >= 4 is 45.4 Å². The van der Waals surface area contributed by atoms with Crippen molar-refractivity contribution in [2.75, 3.05) is 36.8 Å². The second-order valence-electron chi connectivity index (χ2n) is 14.1. The third-order valence-electron chi connectivity index (χ3n) is 9.97. The van der Waals surface area contributed by atoms with Gasteiger partial charge in [0.05, 0.1) is 28.9 Å². The molecule has 15 heteroatoms. The summed E-state index contributed by atoms with van der Waals surface area (Å²) in [4.78, 5) is 69.6. The zero-order chi connectivity index (χ0) is 34.6. The monoisotopic (exact) mass is 679 g/mol. The number of carboxylic acid groups (broad SMARTS) is 1. The number of piperidine rings is 1. The van der Waals surface area contributed by atoms with Crippen LogP contribution in [0.5, 0.6) is 0 Å². The number of rotatable bonds is 5. The minimum Gasteiger partial charge on any atom is -0.530 e. The molecule has 256 valence electrons. The molecule has 14 nitrogen and oxygen atoms in total. The first-order valence-electron chi connectivity index (χ1n) is 16.0. The molecule has 0 bridgehead atoms. The molecule has 0 aromatic heterocycles. The maximum Gasteiger partial charge on any atom is 0.322 e. The first kappa shape index (κ1) is 33.2. The van der Waals surface area contributed by atoms with Crippen molar-refractivity contribution in [3.8, 4) is 0 Å². The van der Waals surface area contributed by atoms with Gasteiger partial charge < -0.3 is 35.2 Å². The van der Waals surface area contributed by atoms with E-state index in [4.69, 9.17) is 0 Å². The Labute approximate surface area is 278 Å². The van der Waals surface area contributed by atoms with Gasteiger partial charge in [-0.15, -0.1) is 0 Å². The number of sulfone groups is 1. The fourth-order valence-electron chi connectivity index (χ4n) is 7.37. The average molecular weight is 680 g/mol. The third kappa shape index (κ3) is 6.06. The number of likely N-dealkylation sites (tertiary alicyclic amines) is 2. The minimum atomic E-state index is -3.34. The Morgan fingerprint density at radius 1 is 1.04 bits per heavy atom. The van der Waals surface area contributed by atoms with Crippen LogP contribution in [0, 0.1) is 11.3 Å². The Bertz CT molecular complexity index is 1770. The molecule has 1 spiro atoms. The average Bonchev–Trinajstić information content (AvgIpc) is 3.54. The predicted molar refractivity (Wildman–Crippen MR) is 171 cm³/mol. The molecule has 0 aliphatic carbocycles. The van der Waals surface area contributed by atoms with Crippen molar-refractivity contribution < 1.29 is 37.5 Å². The molecule has 2 aromatic rings. The fraction of sp³-hybridized carbons (Fsp3) is 0.485. The highest BCUT2D eigenvalue weighted by Gasteiger charge is 2.59. The smallest absolute Gasteiger partial charge is 0.322 e. The van der Waals surface area contributed by atoms with Gasteiger partial charge in [-0.05, 0) is 48.1 Å². The summed E-state index contributed by atoms with van der Waals surface area (Å²) < 4.78 is 25.0. The molecule has 48 heavy (non-hydrogen) atoms. The Kier molecular flexibility index (Phi) is 8.38. The van der Waals surface area contributed by atoms with Gasteiger partial charge in [0.2, 0.25) is 5.91 Å². The van der Waals surface area contributed by atoms with Crippen molar-refractivity contribution in [1.29, 1.82) is 0 Å². The quantitative estimate of drug-likeness (QED) is 0.378. The second kappa shape index (κ2) is 12.1. The summed E-state index contributed by atoms with van der Waals surface area (Å²) in [6, 6.07) is 11.6. The number of benzene rings is 2. The van der Waals surface area contributed by atoms with Gasteiger partial charge in [0.25, 0.3) is 11.8 Å². The van der Waals surface area contributed by atoms with Gasteiger partial charge in [-0.1, -0.05) is 45.0 Å². The van der Waals surface area contributed by atoms with Gasteiger partial charge in [0.1, 0.15) is 6.09 Å². The number of carbonyl (C=O) groups is 5. The van der Waals surface area contributed by atoms with Gasteiger partial charge in [0.15, 0.2) is 15.4 Å². The number of carbonyl (C=O) groups excluding carboxylic acids is 5. The van der Waals surface area contributed by atoms with Crippen LogP contribution in [-0.4, -0.2) is 97.6 Å². The first-order chi connectivity index (χ1) is 22.6. The third-order valence-corrected chi connectivity index (χ3v) is 11.7. The number of amides is 6. The summed E-state index contributed by atoms with van der Waals surface area (Å²) in [6.07, 6.45) is -0.723. The molecule has 0 saturated carbocycles. The van der Waals surface area contributed by atoms with Gasteiger partial charge in [0, 0.05) is 43.7 Å². The summed E-state index contributed by atoms with van der Waals surface area (Å²) in [7, 11) is -3.34. The van der Waals surface area contributed by atoms with Gasteiger partial charge in [-0.3, -0.25) is 19.7 Å². The lowest BCUT2D eigenvalue weighted by molar-refractivity contribution is -0.272. The lowest BCUT2D eigenvalue weighted by Crippen LogP contribution is -2.62. The molecule has 4 aliphatic heterocycles. The van der Waals surface area contributed by atoms with Crippen LogP contribution in [0.3, 0.4) is 0 Å². The van der Waals surface area contributed by atoms with Gasteiger partial charge in [-0.25, -0.2) is 13.2 Å². The highest BCUT2D eigenvalue weighted by atomic mass is 32.2. The number of nitrogens with one attached hydrogen (secondary N) is 3. The van der Waals surface area contributed by atoms with E-state index in [0.29, 0.717) is 29.2 Å². The van der Waals surface area contributed by atoms with Crippen LogP contribution in [0.2, 0.25) is 0 Å². The predicted octanol–water partition coefficient (Wildman–Crippen LogP) is 0.469. The zero-order valence-corrected chi connectivity index (χ0v) is 27.8. The summed E-state index contributed by atoms with van der Waals surface area (Å²) in [5, 5.41) is 19.5. The van der Waals surface area contributed by atoms with Crippen molar-refractivity contribution in [2.45, 2.75) is 62.7 Å². The number of fused-ring (bicyclic) bond motifs is 1. The number of anilines is 1. The van der Waals surface area contributed by atoms with E-state index in [9.17, 15) is 37.5 Å². The topological polar surface area (TPSA) is 188 Å². The van der Waals surface area contributed by atoms with Crippen molar-refractivity contribution in [2.24, 2.45) is 11.3 Å². The highest BCUT2D eigenvalue weighted by Crippen LogP contribution is 2.37. The Hall–Kier alpha value is -4.66. The first-order valence-corrected chi connectivity index (χ1v) is 17.6. The number of hydrogen-bond donors (Lipinski definition) is 3. The summed E-state index contributed by atoms with van der Waals surface area (Å²) in [5.41, 5.74) is -0.232. The molecular weight excluding hydrogens is 640 g/mol. The number of nitrogens with zero attached hydrogens (tertiary/aromatic N) is 3. The lowest BCUT2D eigenvalue weighted by Gasteiger charge is -2.47. The molecule has 3 N–H and O–H groups in total. The Morgan fingerprint density at radius 2 is 1.75 bits per heavy atom. The van der Waals surface area contributed by atoms with Crippen molar-refractivity contribution in [1.82, 2.24) is 25.8 Å². The van der Waals surface area contributed by atoms with Crippen LogP contribution in [0.15, 0.2) is 53.4 Å². The van der Waals surface area contributed by atoms with Crippen LogP contribution in [0.1, 0.15) is 49.5 Å². The summed E-state index contributed by atoms with van der Waals surface area (Å²) in [5.74, 6) is -1.93. The van der Waals surface area contributed by atoms with Crippen LogP contribution in [0.25, 0.3) is 0 Å². The minimum absolute atomic E-state index is 0.00739. The van der Waals surface area contributed by atoms with Crippen LogP contribution < -0.4 is 26.0 Å². The van der Waals surface area contributed by atoms with E-state index in [2.05, 4.69) is 16.0 Å². The molecule has 4 unspecified atom stereocenters. The van der Waals surface area contributed by atoms with E-state index in [1.807, 2.05) is 25.7 Å².